The number of benzene rings is 1. The number of nitrogens with zero attached hydrogens (tertiary/aromatic N) is 4. The molecule has 3 fully saturated rings. The first-order chi connectivity index (χ1) is 19.1. The second-order valence-electron chi connectivity index (χ2n) is 12.2. The largest absolute Gasteiger partial charge is 0.444 e. The zero-order valence-electron chi connectivity index (χ0n) is 23.4. The Labute approximate surface area is 234 Å². The Kier molecular flexibility index (Phi) is 8.13. The maximum absolute atomic E-state index is 15.2. The molecule has 9 nitrogen and oxygen atoms in total. The van der Waals surface area contributed by atoms with Gasteiger partial charge in [-0.25, -0.2) is 9.18 Å². The van der Waals surface area contributed by atoms with Crippen LogP contribution in [0.5, 0.6) is 0 Å². The molecule has 1 aromatic heterocycles. The molecule has 5 atom stereocenters. The van der Waals surface area contributed by atoms with Crippen molar-refractivity contribution in [3.63, 3.8) is 0 Å². The number of carbonyl (C=O) groups is 2. The second-order valence-corrected chi connectivity index (χ2v) is 12.2. The number of ether oxygens (including phenoxy) is 2. The standard InChI is InChI=1S/C30H38FN5O4/c1-30(2,3)40-29(38)36-24-10-9-21(13-24)27(36)28(37)34-23(15-32)12-20-8-7-19(14-26(20)31)22-16-33-35(17-22)18-25-6-4-5-11-39-25/h7-8,14,16-17,21,23-25,27H,4-6,9-13,18H2,1-3H3,(H,34,37). The topological polar surface area (TPSA) is 109 Å². The summed E-state index contributed by atoms with van der Waals surface area (Å²) >= 11 is 0. The number of hydrogen-bond acceptors (Lipinski definition) is 6. The van der Waals surface area contributed by atoms with Gasteiger partial charge in [-0.1, -0.05) is 12.1 Å². The van der Waals surface area contributed by atoms with E-state index in [2.05, 4.69) is 16.5 Å². The highest BCUT2D eigenvalue weighted by Gasteiger charge is 2.52. The number of piperidine rings is 1. The van der Waals surface area contributed by atoms with Crippen LogP contribution in [0, 0.1) is 23.1 Å². The van der Waals surface area contributed by atoms with E-state index in [4.69, 9.17) is 9.47 Å². The average Bonchev–Trinajstić information content (AvgIpc) is 3.65. The van der Waals surface area contributed by atoms with Crippen LogP contribution in [0.25, 0.3) is 11.1 Å². The fourth-order valence-electron chi connectivity index (χ4n) is 6.17. The molecule has 5 rings (SSSR count). The highest BCUT2D eigenvalue weighted by atomic mass is 19.1. The molecular weight excluding hydrogens is 513 g/mol. The molecule has 2 aliphatic heterocycles. The lowest BCUT2D eigenvalue weighted by atomic mass is 9.97. The SMILES string of the molecule is CC(C)(C)OC(=O)N1C2CCC(C2)C1C(=O)NC(C#N)Cc1ccc(-c2cnn(CC3CCCCO3)c2)cc1F. The van der Waals surface area contributed by atoms with Gasteiger partial charge >= 0.3 is 6.09 Å². The smallest absolute Gasteiger partial charge is 0.411 e. The number of amides is 2. The van der Waals surface area contributed by atoms with Crippen LogP contribution in [0.15, 0.2) is 30.6 Å². The first-order valence-electron chi connectivity index (χ1n) is 14.3. The number of halogens is 1. The minimum Gasteiger partial charge on any atom is -0.444 e. The van der Waals surface area contributed by atoms with E-state index >= 15 is 4.39 Å². The average molecular weight is 552 g/mol. The third-order valence-electron chi connectivity index (χ3n) is 8.04. The minimum absolute atomic E-state index is 0.0138. The minimum atomic E-state index is -0.939. The fourth-order valence-corrected chi connectivity index (χ4v) is 6.17. The Hall–Kier alpha value is -3.45. The summed E-state index contributed by atoms with van der Waals surface area (Å²) in [5, 5.41) is 17.0. The van der Waals surface area contributed by atoms with Crippen molar-refractivity contribution >= 4 is 12.0 Å². The Balaban J connectivity index is 1.22. The summed E-state index contributed by atoms with van der Waals surface area (Å²) in [6.07, 6.45) is 8.93. The van der Waals surface area contributed by atoms with Crippen LogP contribution in [-0.2, 0) is 27.2 Å². The van der Waals surface area contributed by atoms with Crippen LogP contribution in [0.3, 0.4) is 0 Å². The molecule has 1 aromatic carbocycles. The molecule has 2 aromatic rings. The van der Waals surface area contributed by atoms with Crippen molar-refractivity contribution in [3.05, 3.63) is 42.0 Å². The molecule has 3 aliphatic rings. The van der Waals surface area contributed by atoms with E-state index in [0.717, 1.165) is 50.7 Å². The zero-order valence-corrected chi connectivity index (χ0v) is 23.4. The van der Waals surface area contributed by atoms with Gasteiger partial charge in [-0.15, -0.1) is 0 Å². The van der Waals surface area contributed by atoms with Gasteiger partial charge < -0.3 is 14.8 Å². The van der Waals surface area contributed by atoms with Gasteiger partial charge in [0.15, 0.2) is 0 Å². The summed E-state index contributed by atoms with van der Waals surface area (Å²) in [7, 11) is 0. The first-order valence-corrected chi connectivity index (χ1v) is 14.3. The van der Waals surface area contributed by atoms with Crippen molar-refractivity contribution in [1.82, 2.24) is 20.0 Å². The summed E-state index contributed by atoms with van der Waals surface area (Å²) in [5.41, 5.74) is 1.13. The monoisotopic (exact) mass is 551 g/mol. The molecule has 1 saturated carbocycles. The van der Waals surface area contributed by atoms with Crippen LogP contribution in [-0.4, -0.2) is 63.1 Å². The highest BCUT2D eigenvalue weighted by Crippen LogP contribution is 2.43. The molecule has 1 N–H and O–H groups in total. The van der Waals surface area contributed by atoms with E-state index in [-0.39, 0.29) is 24.5 Å². The molecule has 0 spiro atoms. The predicted octanol–water partition coefficient (Wildman–Crippen LogP) is 4.60. The molecule has 2 amide bonds. The first kappa shape index (κ1) is 28.1. The molecule has 1 aliphatic carbocycles. The molecule has 40 heavy (non-hydrogen) atoms. The van der Waals surface area contributed by atoms with Crippen LogP contribution in [0.1, 0.15) is 64.9 Å². The van der Waals surface area contributed by atoms with Gasteiger partial charge in [-0.2, -0.15) is 10.4 Å². The molecule has 10 heteroatoms. The number of carbonyl (C=O) groups excluding carboxylic acids is 2. The Morgan fingerprint density at radius 1 is 1.25 bits per heavy atom. The van der Waals surface area contributed by atoms with E-state index in [9.17, 15) is 14.9 Å². The zero-order chi connectivity index (χ0) is 28.4. The third kappa shape index (κ3) is 6.30. The van der Waals surface area contributed by atoms with Crippen molar-refractivity contribution in [2.24, 2.45) is 5.92 Å². The number of hydrogen-bond donors (Lipinski definition) is 1. The molecule has 0 radical (unpaired) electrons. The van der Waals surface area contributed by atoms with Crippen molar-refractivity contribution in [1.29, 1.82) is 5.26 Å². The van der Waals surface area contributed by atoms with Gasteiger partial charge in [0.25, 0.3) is 0 Å². The Bertz CT molecular complexity index is 1280. The molecule has 3 heterocycles. The molecule has 2 saturated heterocycles. The van der Waals surface area contributed by atoms with Gasteiger partial charge in [0.2, 0.25) is 5.91 Å². The predicted molar refractivity (Wildman–Crippen MR) is 145 cm³/mol. The van der Waals surface area contributed by atoms with E-state index < -0.39 is 35.5 Å². The molecular formula is C30H38FN5O4. The maximum Gasteiger partial charge on any atom is 0.411 e. The van der Waals surface area contributed by atoms with Crippen LogP contribution < -0.4 is 5.32 Å². The van der Waals surface area contributed by atoms with Gasteiger partial charge in [0, 0.05) is 30.8 Å². The third-order valence-corrected chi connectivity index (χ3v) is 8.04. The van der Waals surface area contributed by atoms with Crippen molar-refractivity contribution in [3.8, 4) is 17.2 Å². The van der Waals surface area contributed by atoms with E-state index in [1.165, 1.54) is 6.07 Å². The second kappa shape index (κ2) is 11.6. The molecule has 214 valence electrons. The van der Waals surface area contributed by atoms with Crippen LogP contribution >= 0.6 is 0 Å². The Morgan fingerprint density at radius 3 is 2.77 bits per heavy atom. The summed E-state index contributed by atoms with van der Waals surface area (Å²) in [6, 6.07) is 5.30. The van der Waals surface area contributed by atoms with Gasteiger partial charge in [-0.3, -0.25) is 14.4 Å². The van der Waals surface area contributed by atoms with Crippen LogP contribution in [0.4, 0.5) is 9.18 Å². The lowest BCUT2D eigenvalue weighted by Gasteiger charge is -2.35. The summed E-state index contributed by atoms with van der Waals surface area (Å²) in [5.74, 6) is -0.819. The van der Waals surface area contributed by atoms with Gasteiger partial charge in [0.1, 0.15) is 23.5 Å². The number of nitriles is 1. The molecule has 5 unspecified atom stereocenters. The summed E-state index contributed by atoms with van der Waals surface area (Å²) < 4.78 is 28.3. The summed E-state index contributed by atoms with van der Waals surface area (Å²) in [6.45, 7) is 6.81. The summed E-state index contributed by atoms with van der Waals surface area (Å²) in [4.78, 5) is 27.8. The van der Waals surface area contributed by atoms with Crippen molar-refractivity contribution in [2.45, 2.75) is 102 Å². The fraction of sp³-hybridized carbons (Fsp3) is 0.600. The van der Waals surface area contributed by atoms with Crippen LogP contribution in [0.2, 0.25) is 0 Å². The van der Waals surface area contributed by atoms with Gasteiger partial charge in [-0.05, 0) is 82.4 Å². The lowest BCUT2D eigenvalue weighted by molar-refractivity contribution is -0.128. The van der Waals surface area contributed by atoms with Crippen molar-refractivity contribution in [2.75, 3.05) is 6.61 Å². The molecule has 2 bridgehead atoms. The Morgan fingerprint density at radius 2 is 2.08 bits per heavy atom. The number of likely N-dealkylation sites (tertiary alicyclic amines) is 1. The normalized spacial score (nSPS) is 24.9. The number of nitrogens with one attached hydrogen (secondary N) is 1. The van der Waals surface area contributed by atoms with E-state index in [1.54, 1.807) is 44.0 Å². The number of aromatic nitrogens is 2. The van der Waals surface area contributed by atoms with E-state index in [0.29, 0.717) is 17.7 Å². The van der Waals surface area contributed by atoms with E-state index in [1.807, 2.05) is 10.9 Å². The highest BCUT2D eigenvalue weighted by molar-refractivity contribution is 5.87. The lowest BCUT2D eigenvalue weighted by Crippen LogP contribution is -2.55. The maximum atomic E-state index is 15.2. The van der Waals surface area contributed by atoms with Gasteiger partial charge in [0.05, 0.1) is 24.9 Å². The number of rotatable bonds is 7. The quantitative estimate of drug-likeness (QED) is 0.539. The number of fused-ring (bicyclic) bond motifs is 2. The van der Waals surface area contributed by atoms with Crippen molar-refractivity contribution < 1.29 is 23.5 Å².